The quantitative estimate of drug-likeness (QED) is 0.925. The van der Waals surface area contributed by atoms with Crippen molar-refractivity contribution in [1.29, 1.82) is 0 Å². The molecular weight excluding hydrogens is 276 g/mol. The fourth-order valence-electron chi connectivity index (χ4n) is 2.57. The van der Waals surface area contributed by atoms with Gasteiger partial charge in [-0.3, -0.25) is 4.79 Å². The molecule has 0 saturated carbocycles. The van der Waals surface area contributed by atoms with Gasteiger partial charge in [0, 0.05) is 5.56 Å². The molecule has 0 aliphatic carbocycles. The largest absolute Gasteiger partial charge is 0.342 e. The van der Waals surface area contributed by atoms with Gasteiger partial charge in [-0.15, -0.1) is 0 Å². The van der Waals surface area contributed by atoms with Crippen LogP contribution in [0.3, 0.4) is 0 Å². The number of carbonyl (C=O) groups excluding carboxylic acids is 2. The monoisotopic (exact) mass is 292 g/mol. The van der Waals surface area contributed by atoms with Crippen LogP contribution >= 0.6 is 0 Å². The standard InChI is InChI=1S/C18H16N2O2/c1-12-8-10-13(11-9-12)15-16(21)18(2,20-17(22)19-15)14-6-4-3-5-7-14/h3-11H,1-2H3,(H,20,22). The first-order valence-corrected chi connectivity index (χ1v) is 7.09. The summed E-state index contributed by atoms with van der Waals surface area (Å²) >= 11 is 0. The Labute approximate surface area is 128 Å². The third-order valence-corrected chi connectivity index (χ3v) is 3.92. The van der Waals surface area contributed by atoms with Crippen molar-refractivity contribution in [2.24, 2.45) is 4.99 Å². The lowest BCUT2D eigenvalue weighted by atomic mass is 9.82. The molecule has 2 amide bonds. The summed E-state index contributed by atoms with van der Waals surface area (Å²) in [5.41, 5.74) is 1.60. The highest BCUT2D eigenvalue weighted by Gasteiger charge is 2.43. The summed E-state index contributed by atoms with van der Waals surface area (Å²) in [6.07, 6.45) is 0. The van der Waals surface area contributed by atoms with Gasteiger partial charge in [-0.05, 0) is 19.4 Å². The Bertz CT molecular complexity index is 763. The summed E-state index contributed by atoms with van der Waals surface area (Å²) in [6.45, 7) is 3.68. The van der Waals surface area contributed by atoms with Gasteiger partial charge in [-0.1, -0.05) is 60.2 Å². The number of rotatable bonds is 2. The van der Waals surface area contributed by atoms with E-state index in [1.807, 2.05) is 61.5 Å². The van der Waals surface area contributed by atoms with Crippen molar-refractivity contribution in [3.05, 3.63) is 71.3 Å². The normalized spacial score (nSPS) is 21.3. The van der Waals surface area contributed by atoms with E-state index >= 15 is 0 Å². The van der Waals surface area contributed by atoms with Crippen molar-refractivity contribution < 1.29 is 9.59 Å². The second-order valence-electron chi connectivity index (χ2n) is 5.58. The number of hydrogen-bond donors (Lipinski definition) is 1. The van der Waals surface area contributed by atoms with E-state index in [2.05, 4.69) is 10.3 Å². The molecule has 1 atom stereocenters. The predicted molar refractivity (Wildman–Crippen MR) is 85.0 cm³/mol. The highest BCUT2D eigenvalue weighted by atomic mass is 16.2. The van der Waals surface area contributed by atoms with Crippen LogP contribution in [0.15, 0.2) is 59.6 Å². The zero-order valence-corrected chi connectivity index (χ0v) is 12.5. The Hall–Kier alpha value is -2.75. The van der Waals surface area contributed by atoms with Crippen LogP contribution in [0, 0.1) is 6.92 Å². The van der Waals surface area contributed by atoms with Crippen LogP contribution in [0.4, 0.5) is 4.79 Å². The number of amides is 2. The highest BCUT2D eigenvalue weighted by Crippen LogP contribution is 2.27. The summed E-state index contributed by atoms with van der Waals surface area (Å²) in [5.74, 6) is -0.206. The lowest BCUT2D eigenvalue weighted by molar-refractivity contribution is -0.118. The van der Waals surface area contributed by atoms with Gasteiger partial charge in [0.2, 0.25) is 5.78 Å². The number of nitrogens with one attached hydrogen (secondary N) is 1. The molecule has 110 valence electrons. The number of aryl methyl sites for hydroxylation is 1. The fourth-order valence-corrected chi connectivity index (χ4v) is 2.57. The van der Waals surface area contributed by atoms with Gasteiger partial charge in [0.25, 0.3) is 0 Å². The van der Waals surface area contributed by atoms with Crippen LogP contribution in [-0.4, -0.2) is 17.5 Å². The fraction of sp³-hybridized carbons (Fsp3) is 0.167. The van der Waals surface area contributed by atoms with Gasteiger partial charge in [-0.25, -0.2) is 4.79 Å². The highest BCUT2D eigenvalue weighted by molar-refractivity contribution is 6.51. The molecule has 4 heteroatoms. The second kappa shape index (κ2) is 5.22. The van der Waals surface area contributed by atoms with E-state index < -0.39 is 11.6 Å². The maximum atomic E-state index is 12.9. The maximum Gasteiger partial charge on any atom is 0.342 e. The predicted octanol–water partition coefficient (Wildman–Crippen LogP) is 2.99. The molecule has 0 spiro atoms. The van der Waals surface area contributed by atoms with Gasteiger partial charge in [0.1, 0.15) is 11.3 Å². The van der Waals surface area contributed by atoms with E-state index in [-0.39, 0.29) is 11.5 Å². The van der Waals surface area contributed by atoms with Crippen molar-refractivity contribution in [2.75, 3.05) is 0 Å². The third kappa shape index (κ3) is 2.33. The Balaban J connectivity index is 2.08. The maximum absolute atomic E-state index is 12.9. The minimum atomic E-state index is -1.10. The van der Waals surface area contributed by atoms with E-state index in [1.165, 1.54) is 0 Å². The Kier molecular flexibility index (Phi) is 3.37. The molecule has 0 saturated heterocycles. The minimum Gasteiger partial charge on any atom is -0.319 e. The number of ketones is 1. The number of urea groups is 1. The molecule has 22 heavy (non-hydrogen) atoms. The van der Waals surface area contributed by atoms with Crippen LogP contribution in [0.1, 0.15) is 23.6 Å². The lowest BCUT2D eigenvalue weighted by Crippen LogP contribution is -2.55. The summed E-state index contributed by atoms with van der Waals surface area (Å²) in [4.78, 5) is 28.8. The molecule has 0 aromatic heterocycles. The number of nitrogens with zero attached hydrogens (tertiary/aromatic N) is 1. The van der Waals surface area contributed by atoms with Crippen molar-refractivity contribution in [3.63, 3.8) is 0 Å². The Morgan fingerprint density at radius 3 is 2.23 bits per heavy atom. The molecule has 1 unspecified atom stereocenters. The van der Waals surface area contributed by atoms with Crippen molar-refractivity contribution in [1.82, 2.24) is 5.32 Å². The summed E-state index contributed by atoms with van der Waals surface area (Å²) in [7, 11) is 0. The first-order valence-electron chi connectivity index (χ1n) is 7.09. The lowest BCUT2D eigenvalue weighted by Gasteiger charge is -2.32. The third-order valence-electron chi connectivity index (χ3n) is 3.92. The van der Waals surface area contributed by atoms with E-state index in [1.54, 1.807) is 6.92 Å². The average Bonchev–Trinajstić information content (AvgIpc) is 2.53. The topological polar surface area (TPSA) is 58.5 Å². The zero-order chi connectivity index (χ0) is 15.7. The van der Waals surface area contributed by atoms with Gasteiger partial charge in [0.15, 0.2) is 0 Å². The number of aliphatic imine (C=N–C) groups is 1. The number of hydrogen-bond acceptors (Lipinski definition) is 2. The molecule has 3 rings (SSSR count). The van der Waals surface area contributed by atoms with Gasteiger partial charge >= 0.3 is 6.03 Å². The Morgan fingerprint density at radius 2 is 1.59 bits per heavy atom. The summed E-state index contributed by atoms with van der Waals surface area (Å²) < 4.78 is 0. The first-order chi connectivity index (χ1) is 10.5. The van der Waals surface area contributed by atoms with Crippen LogP contribution in [-0.2, 0) is 10.3 Å². The summed E-state index contributed by atoms with van der Waals surface area (Å²) in [6, 6.07) is 16.2. The second-order valence-corrected chi connectivity index (χ2v) is 5.58. The zero-order valence-electron chi connectivity index (χ0n) is 12.5. The molecule has 0 radical (unpaired) electrons. The van der Waals surface area contributed by atoms with Crippen LogP contribution < -0.4 is 5.32 Å². The molecule has 1 N–H and O–H groups in total. The smallest absolute Gasteiger partial charge is 0.319 e. The van der Waals surface area contributed by atoms with E-state index in [0.717, 1.165) is 11.1 Å². The van der Waals surface area contributed by atoms with Crippen LogP contribution in [0.25, 0.3) is 0 Å². The molecule has 4 nitrogen and oxygen atoms in total. The molecular formula is C18H16N2O2. The molecule has 1 aliphatic rings. The molecule has 1 aliphatic heterocycles. The SMILES string of the molecule is Cc1ccc(C2=NC(=O)NC(C)(c3ccccc3)C2=O)cc1. The van der Waals surface area contributed by atoms with Crippen molar-refractivity contribution in [2.45, 2.75) is 19.4 Å². The van der Waals surface area contributed by atoms with Crippen molar-refractivity contribution in [3.8, 4) is 0 Å². The molecule has 0 bridgehead atoms. The molecule has 2 aromatic rings. The minimum absolute atomic E-state index is 0.204. The number of benzene rings is 2. The molecule has 1 heterocycles. The van der Waals surface area contributed by atoms with Crippen LogP contribution in [0.2, 0.25) is 0 Å². The Morgan fingerprint density at radius 1 is 0.955 bits per heavy atom. The van der Waals surface area contributed by atoms with Crippen molar-refractivity contribution >= 4 is 17.5 Å². The number of carbonyl (C=O) groups is 2. The van der Waals surface area contributed by atoms with Gasteiger partial charge in [0.05, 0.1) is 0 Å². The van der Waals surface area contributed by atoms with Gasteiger partial charge < -0.3 is 5.32 Å². The summed E-state index contributed by atoms with van der Waals surface area (Å²) in [5, 5.41) is 2.69. The van der Waals surface area contributed by atoms with Gasteiger partial charge in [-0.2, -0.15) is 4.99 Å². The average molecular weight is 292 g/mol. The van der Waals surface area contributed by atoms with E-state index in [4.69, 9.17) is 0 Å². The molecule has 0 fully saturated rings. The first kappa shape index (κ1) is 14.2. The molecule has 2 aromatic carbocycles. The number of Topliss-reactive ketones (excluding diaryl/α,β-unsaturated/α-hetero) is 1. The van der Waals surface area contributed by atoms with Crippen LogP contribution in [0.5, 0.6) is 0 Å². The van der Waals surface area contributed by atoms with E-state index in [0.29, 0.717) is 5.56 Å². The van der Waals surface area contributed by atoms with E-state index in [9.17, 15) is 9.59 Å².